The number of rotatable bonds is 3. The van der Waals surface area contributed by atoms with Crippen LogP contribution in [-0.4, -0.2) is 59.9 Å². The van der Waals surface area contributed by atoms with Crippen LogP contribution in [-0.2, 0) is 9.53 Å². The highest BCUT2D eigenvalue weighted by Crippen LogP contribution is 2.51. The smallest absolute Gasteiger partial charge is 0.242 e. The fraction of sp³-hybridized carbons (Fsp3) is 0.941. The lowest BCUT2D eigenvalue weighted by Gasteiger charge is -2.57. The van der Waals surface area contributed by atoms with Crippen molar-refractivity contribution in [3.63, 3.8) is 0 Å². The first kappa shape index (κ1) is 19.0. The Morgan fingerprint density at radius 3 is 2.52 bits per heavy atom. The third kappa shape index (κ3) is 3.26. The van der Waals surface area contributed by atoms with Crippen molar-refractivity contribution in [3.8, 4) is 0 Å². The molecule has 1 saturated carbocycles. The molecular formula is C17H31ClN2O3. The van der Waals surface area contributed by atoms with Gasteiger partial charge in [-0.2, -0.15) is 0 Å². The van der Waals surface area contributed by atoms with E-state index in [1.54, 1.807) is 0 Å². The second-order valence-corrected chi connectivity index (χ2v) is 7.44. The van der Waals surface area contributed by atoms with E-state index in [0.717, 1.165) is 58.2 Å². The molecule has 5 nitrogen and oxygen atoms in total. The van der Waals surface area contributed by atoms with Gasteiger partial charge < -0.3 is 20.1 Å². The van der Waals surface area contributed by atoms with Gasteiger partial charge in [0.25, 0.3) is 0 Å². The lowest BCUT2D eigenvalue weighted by Crippen LogP contribution is -2.65. The van der Waals surface area contributed by atoms with Crippen molar-refractivity contribution < 1.29 is 14.6 Å². The number of nitrogens with zero attached hydrogens (tertiary/aromatic N) is 1. The average molecular weight is 347 g/mol. The normalized spacial score (nSPS) is 36.2. The summed E-state index contributed by atoms with van der Waals surface area (Å²) in [4.78, 5) is 14.8. The van der Waals surface area contributed by atoms with E-state index in [2.05, 4.69) is 5.32 Å². The number of aliphatic hydroxyl groups excluding tert-OH is 1. The summed E-state index contributed by atoms with van der Waals surface area (Å²) in [6.45, 7) is 7.18. The molecule has 2 saturated heterocycles. The summed E-state index contributed by atoms with van der Waals surface area (Å²) in [7, 11) is 0. The van der Waals surface area contributed by atoms with E-state index in [-0.39, 0.29) is 41.5 Å². The number of halogens is 1. The number of carbonyl (C=O) groups is 1. The molecule has 2 N–H and O–H groups in total. The van der Waals surface area contributed by atoms with Gasteiger partial charge >= 0.3 is 0 Å². The molecule has 3 atom stereocenters. The number of ether oxygens (including phenoxy) is 1. The molecule has 1 amide bonds. The molecule has 3 fully saturated rings. The molecule has 0 radical (unpaired) electrons. The van der Waals surface area contributed by atoms with Crippen LogP contribution in [0.15, 0.2) is 0 Å². The van der Waals surface area contributed by atoms with Gasteiger partial charge in [-0.1, -0.05) is 0 Å². The van der Waals surface area contributed by atoms with Gasteiger partial charge in [-0.05, 0) is 52.5 Å². The average Bonchev–Trinajstić information content (AvgIpc) is 2.55. The van der Waals surface area contributed by atoms with Gasteiger partial charge in [0, 0.05) is 31.5 Å². The third-order valence-electron chi connectivity index (χ3n) is 6.18. The first-order chi connectivity index (χ1) is 10.5. The molecular weight excluding hydrogens is 316 g/mol. The zero-order valence-corrected chi connectivity index (χ0v) is 15.2. The van der Waals surface area contributed by atoms with Gasteiger partial charge in [-0.15, -0.1) is 12.4 Å². The molecule has 0 aromatic carbocycles. The van der Waals surface area contributed by atoms with Crippen molar-refractivity contribution in [3.05, 3.63) is 0 Å². The highest BCUT2D eigenvalue weighted by Gasteiger charge is 2.56. The molecule has 0 bridgehead atoms. The number of amides is 1. The van der Waals surface area contributed by atoms with Gasteiger partial charge in [0.15, 0.2) is 0 Å². The van der Waals surface area contributed by atoms with Crippen LogP contribution < -0.4 is 5.32 Å². The van der Waals surface area contributed by atoms with Gasteiger partial charge in [0.2, 0.25) is 5.91 Å². The molecule has 3 aliphatic rings. The maximum absolute atomic E-state index is 12.9. The summed E-state index contributed by atoms with van der Waals surface area (Å²) in [5.74, 6) is 0.240. The van der Waals surface area contributed by atoms with E-state index in [9.17, 15) is 9.90 Å². The van der Waals surface area contributed by atoms with E-state index in [0.29, 0.717) is 6.61 Å². The van der Waals surface area contributed by atoms with Gasteiger partial charge in [0.05, 0.1) is 17.7 Å². The number of piperidine rings is 2. The maximum Gasteiger partial charge on any atom is 0.242 e. The number of carbonyl (C=O) groups excluding carboxylic acids is 1. The summed E-state index contributed by atoms with van der Waals surface area (Å²) in [5.41, 5.74) is -0.492. The first-order valence-corrected chi connectivity index (χ1v) is 8.86. The minimum Gasteiger partial charge on any atom is -0.392 e. The van der Waals surface area contributed by atoms with Crippen LogP contribution in [0, 0.1) is 5.41 Å². The van der Waals surface area contributed by atoms with Crippen LogP contribution in [0.25, 0.3) is 0 Å². The van der Waals surface area contributed by atoms with Gasteiger partial charge in [0.1, 0.15) is 0 Å². The SMILES string of the molecule is CCOC1CC(O)C12CCN(C(=O)C1(C)CCCCN1)CC2.Cl. The van der Waals surface area contributed by atoms with Crippen LogP contribution in [0.3, 0.4) is 0 Å². The zero-order valence-electron chi connectivity index (χ0n) is 14.3. The fourth-order valence-electron chi connectivity index (χ4n) is 4.53. The Morgan fingerprint density at radius 2 is 2.00 bits per heavy atom. The predicted molar refractivity (Wildman–Crippen MR) is 91.8 cm³/mol. The highest BCUT2D eigenvalue weighted by molar-refractivity contribution is 5.86. The topological polar surface area (TPSA) is 61.8 Å². The van der Waals surface area contributed by atoms with Crippen LogP contribution >= 0.6 is 12.4 Å². The van der Waals surface area contributed by atoms with E-state index >= 15 is 0 Å². The zero-order chi connectivity index (χ0) is 15.8. The minimum absolute atomic E-state index is 0. The monoisotopic (exact) mass is 346 g/mol. The van der Waals surface area contributed by atoms with Gasteiger partial charge in [-0.25, -0.2) is 0 Å². The van der Waals surface area contributed by atoms with E-state index in [1.165, 1.54) is 0 Å². The molecule has 1 spiro atoms. The van der Waals surface area contributed by atoms with Crippen LogP contribution in [0.2, 0.25) is 0 Å². The predicted octanol–water partition coefficient (Wildman–Crippen LogP) is 1.72. The largest absolute Gasteiger partial charge is 0.392 e. The number of likely N-dealkylation sites (tertiary alicyclic amines) is 1. The Balaban J connectivity index is 0.00000192. The summed E-state index contributed by atoms with van der Waals surface area (Å²) >= 11 is 0. The minimum atomic E-state index is -0.389. The second-order valence-electron chi connectivity index (χ2n) is 7.44. The molecule has 23 heavy (non-hydrogen) atoms. The molecule has 0 aromatic rings. The molecule has 2 heterocycles. The molecule has 3 rings (SSSR count). The van der Waals surface area contributed by atoms with Crippen molar-refractivity contribution in [2.75, 3.05) is 26.2 Å². The van der Waals surface area contributed by atoms with Crippen molar-refractivity contribution in [1.82, 2.24) is 10.2 Å². The molecule has 2 aliphatic heterocycles. The Labute approximate surface area is 145 Å². The Morgan fingerprint density at radius 1 is 1.30 bits per heavy atom. The number of aliphatic hydroxyl groups is 1. The van der Waals surface area contributed by atoms with Crippen molar-refractivity contribution in [2.45, 2.75) is 70.1 Å². The van der Waals surface area contributed by atoms with Crippen molar-refractivity contribution in [2.24, 2.45) is 5.41 Å². The second kappa shape index (κ2) is 7.26. The lowest BCUT2D eigenvalue weighted by molar-refractivity contribution is -0.210. The third-order valence-corrected chi connectivity index (χ3v) is 6.18. The molecule has 1 aliphatic carbocycles. The van der Waals surface area contributed by atoms with Crippen LogP contribution in [0.1, 0.15) is 52.4 Å². The Bertz CT molecular complexity index is 416. The first-order valence-electron chi connectivity index (χ1n) is 8.86. The van der Waals surface area contributed by atoms with Crippen molar-refractivity contribution >= 4 is 18.3 Å². The van der Waals surface area contributed by atoms with Gasteiger partial charge in [-0.3, -0.25) is 4.79 Å². The number of hydrogen-bond donors (Lipinski definition) is 2. The highest BCUT2D eigenvalue weighted by atomic mass is 35.5. The quantitative estimate of drug-likeness (QED) is 0.816. The number of hydrogen-bond acceptors (Lipinski definition) is 4. The van der Waals surface area contributed by atoms with E-state index in [4.69, 9.17) is 4.74 Å². The standard InChI is InChI=1S/C17H30N2O3.ClH/c1-3-22-14-12-13(20)17(14)7-10-19(11-8-17)15(21)16(2)6-4-5-9-18-16;/h13-14,18,20H,3-12H2,1-2H3;1H. The Hall–Kier alpha value is -0.360. The molecule has 0 aromatic heterocycles. The Kier molecular flexibility index (Phi) is 5.99. The number of nitrogens with one attached hydrogen (secondary N) is 1. The van der Waals surface area contributed by atoms with Crippen LogP contribution in [0.4, 0.5) is 0 Å². The fourth-order valence-corrected chi connectivity index (χ4v) is 4.53. The van der Waals surface area contributed by atoms with E-state index in [1.807, 2.05) is 18.7 Å². The summed E-state index contributed by atoms with van der Waals surface area (Å²) in [5, 5.41) is 13.7. The maximum atomic E-state index is 12.9. The van der Waals surface area contributed by atoms with Crippen molar-refractivity contribution in [1.29, 1.82) is 0 Å². The van der Waals surface area contributed by atoms with Crippen LogP contribution in [0.5, 0.6) is 0 Å². The molecule has 134 valence electrons. The van der Waals surface area contributed by atoms with E-state index < -0.39 is 0 Å². The summed E-state index contributed by atoms with van der Waals surface area (Å²) in [6.07, 6.45) is 5.60. The summed E-state index contributed by atoms with van der Waals surface area (Å²) in [6, 6.07) is 0. The molecule has 3 unspecified atom stereocenters. The lowest BCUT2D eigenvalue weighted by atomic mass is 9.58. The molecule has 6 heteroatoms. The summed E-state index contributed by atoms with van der Waals surface area (Å²) < 4.78 is 5.80.